The number of carbonyl (C=O) groups excluding carboxylic acids is 1. The van der Waals surface area contributed by atoms with Crippen LogP contribution in [0, 0.1) is 12.8 Å². The molecule has 26 heavy (non-hydrogen) atoms. The molecular weight excluding hydrogens is 336 g/mol. The van der Waals surface area contributed by atoms with E-state index in [1.54, 1.807) is 13.1 Å². The summed E-state index contributed by atoms with van der Waals surface area (Å²) in [6.45, 7) is 6.85. The molecule has 3 rings (SSSR count). The van der Waals surface area contributed by atoms with Gasteiger partial charge in [-0.2, -0.15) is 4.98 Å². The van der Waals surface area contributed by atoms with E-state index in [-0.39, 0.29) is 22.8 Å². The van der Waals surface area contributed by atoms with Crippen LogP contribution < -0.4 is 10.7 Å². The van der Waals surface area contributed by atoms with Crippen LogP contribution in [0.3, 0.4) is 0 Å². The molecule has 2 N–H and O–H groups in total. The number of hydrogen-bond acceptors (Lipinski definition) is 6. The van der Waals surface area contributed by atoms with Crippen LogP contribution in [0.25, 0.3) is 0 Å². The van der Waals surface area contributed by atoms with Gasteiger partial charge in [0, 0.05) is 37.1 Å². The zero-order chi connectivity index (χ0) is 18.7. The summed E-state index contributed by atoms with van der Waals surface area (Å²) in [5.41, 5.74) is 0.270. The fourth-order valence-electron chi connectivity index (χ4n) is 3.02. The lowest BCUT2D eigenvalue weighted by atomic mass is 9.91. The van der Waals surface area contributed by atoms with Gasteiger partial charge >= 0.3 is 0 Å². The number of aryl methyl sites for hydroxylation is 1. The van der Waals surface area contributed by atoms with Gasteiger partial charge in [-0.25, -0.2) is 0 Å². The maximum absolute atomic E-state index is 12.7. The minimum atomic E-state index is -0.452. The smallest absolute Gasteiger partial charge is 0.257 e. The molecule has 0 saturated carbocycles. The number of nitrogens with zero attached hydrogens (tertiary/aromatic N) is 2. The van der Waals surface area contributed by atoms with Crippen LogP contribution in [0.5, 0.6) is 0 Å². The zero-order valence-electron chi connectivity index (χ0n) is 15.2. The molecule has 3 heterocycles. The molecule has 0 aromatic carbocycles. The van der Waals surface area contributed by atoms with E-state index >= 15 is 0 Å². The Hall–Kier alpha value is -2.48. The average molecular weight is 360 g/mol. The lowest BCUT2D eigenvalue weighted by Crippen LogP contribution is -2.38. The first-order chi connectivity index (χ1) is 12.5. The third-order valence-corrected chi connectivity index (χ3v) is 4.64. The maximum atomic E-state index is 12.7. The van der Waals surface area contributed by atoms with Crippen molar-refractivity contribution in [2.45, 2.75) is 45.6 Å². The van der Waals surface area contributed by atoms with E-state index in [9.17, 15) is 9.59 Å². The number of aromatic amines is 1. The molecule has 8 nitrogen and oxygen atoms in total. The molecule has 1 aliphatic rings. The molecule has 0 bridgehead atoms. The summed E-state index contributed by atoms with van der Waals surface area (Å²) in [5, 5.41) is 6.94. The first kappa shape index (κ1) is 18.3. The van der Waals surface area contributed by atoms with Crippen molar-refractivity contribution in [1.82, 2.24) is 20.4 Å². The van der Waals surface area contributed by atoms with Gasteiger partial charge < -0.3 is 19.6 Å². The van der Waals surface area contributed by atoms with Crippen LogP contribution in [0.4, 0.5) is 0 Å². The molecule has 1 saturated heterocycles. The Kier molecular flexibility index (Phi) is 5.51. The molecule has 1 unspecified atom stereocenters. The van der Waals surface area contributed by atoms with Gasteiger partial charge in [0.2, 0.25) is 5.89 Å². The summed E-state index contributed by atoms with van der Waals surface area (Å²) in [6, 6.07) is -0.452. The number of rotatable bonds is 5. The summed E-state index contributed by atoms with van der Waals surface area (Å²) in [5.74, 6) is 0.753. The predicted octanol–water partition coefficient (Wildman–Crippen LogP) is 2.09. The number of nitrogens with one attached hydrogen (secondary N) is 2. The van der Waals surface area contributed by atoms with Gasteiger partial charge in [0.15, 0.2) is 11.3 Å². The number of pyridine rings is 1. The molecule has 140 valence electrons. The van der Waals surface area contributed by atoms with Crippen LogP contribution in [-0.4, -0.2) is 34.2 Å². The molecule has 8 heteroatoms. The van der Waals surface area contributed by atoms with Crippen molar-refractivity contribution >= 4 is 5.91 Å². The molecule has 2 aromatic rings. The van der Waals surface area contributed by atoms with Gasteiger partial charge in [-0.05, 0) is 25.7 Å². The summed E-state index contributed by atoms with van der Waals surface area (Å²) >= 11 is 0. The highest BCUT2D eigenvalue weighted by Crippen LogP contribution is 2.30. The second kappa shape index (κ2) is 7.82. The van der Waals surface area contributed by atoms with E-state index in [4.69, 9.17) is 9.26 Å². The van der Waals surface area contributed by atoms with Crippen LogP contribution in [0.1, 0.15) is 66.3 Å². The summed E-state index contributed by atoms with van der Waals surface area (Å²) in [6.07, 6.45) is 4.53. The SMILES string of the molecule is Cc1c[nH]cc(C(=O)NC(c2nc(C(C)C)no2)C2CCOCC2)c1=O. The highest BCUT2D eigenvalue weighted by atomic mass is 16.5. The van der Waals surface area contributed by atoms with Crippen molar-refractivity contribution in [2.24, 2.45) is 5.92 Å². The van der Waals surface area contributed by atoms with Crippen molar-refractivity contribution < 1.29 is 14.1 Å². The lowest BCUT2D eigenvalue weighted by molar-refractivity contribution is 0.0467. The molecule has 0 radical (unpaired) electrons. The lowest BCUT2D eigenvalue weighted by Gasteiger charge is -2.28. The molecule has 2 aromatic heterocycles. The highest BCUT2D eigenvalue weighted by molar-refractivity contribution is 5.94. The van der Waals surface area contributed by atoms with Crippen LogP contribution in [-0.2, 0) is 4.74 Å². The Balaban J connectivity index is 1.88. The quantitative estimate of drug-likeness (QED) is 0.845. The van der Waals surface area contributed by atoms with Gasteiger partial charge in [0.05, 0.1) is 0 Å². The van der Waals surface area contributed by atoms with Crippen LogP contribution >= 0.6 is 0 Å². The topological polar surface area (TPSA) is 110 Å². The average Bonchev–Trinajstić information content (AvgIpc) is 3.12. The minimum Gasteiger partial charge on any atom is -0.381 e. The Bertz CT molecular complexity index is 821. The van der Waals surface area contributed by atoms with E-state index in [0.717, 1.165) is 12.8 Å². The van der Waals surface area contributed by atoms with Gasteiger partial charge in [-0.15, -0.1) is 0 Å². The van der Waals surface area contributed by atoms with Crippen molar-refractivity contribution in [1.29, 1.82) is 0 Å². The van der Waals surface area contributed by atoms with Gasteiger partial charge in [0.25, 0.3) is 5.91 Å². The first-order valence-electron chi connectivity index (χ1n) is 8.87. The summed E-state index contributed by atoms with van der Waals surface area (Å²) < 4.78 is 10.8. The highest BCUT2D eigenvalue weighted by Gasteiger charge is 2.32. The molecule has 0 spiro atoms. The fraction of sp³-hybridized carbons (Fsp3) is 0.556. The number of ether oxygens (including phenoxy) is 1. The van der Waals surface area contributed by atoms with E-state index in [1.807, 2.05) is 13.8 Å². The monoisotopic (exact) mass is 360 g/mol. The normalized spacial score (nSPS) is 16.6. The van der Waals surface area contributed by atoms with Gasteiger partial charge in [0.1, 0.15) is 11.6 Å². The summed E-state index contributed by atoms with van der Waals surface area (Å²) in [4.78, 5) is 32.3. The molecule has 1 atom stereocenters. The standard InChI is InChI=1S/C18H24N4O4/c1-10(2)16-21-18(26-22-16)14(12-4-6-25-7-5-12)20-17(24)13-9-19-8-11(3)15(13)23/h8-10,12,14H,4-7H2,1-3H3,(H,19,23)(H,20,24). The largest absolute Gasteiger partial charge is 0.381 e. The molecule has 1 fully saturated rings. The van der Waals surface area contributed by atoms with E-state index in [0.29, 0.717) is 30.5 Å². The third kappa shape index (κ3) is 3.85. The van der Waals surface area contributed by atoms with E-state index < -0.39 is 11.9 Å². The molecule has 1 amide bonds. The molecule has 1 aliphatic heterocycles. The zero-order valence-corrected chi connectivity index (χ0v) is 15.2. The van der Waals surface area contributed by atoms with Crippen molar-refractivity contribution in [3.8, 4) is 0 Å². The molecular formula is C18H24N4O4. The van der Waals surface area contributed by atoms with Crippen molar-refractivity contribution in [2.75, 3.05) is 13.2 Å². The Labute approximate surface area is 151 Å². The maximum Gasteiger partial charge on any atom is 0.257 e. The van der Waals surface area contributed by atoms with Crippen molar-refractivity contribution in [3.05, 3.63) is 45.5 Å². The van der Waals surface area contributed by atoms with E-state index in [1.165, 1.54) is 6.20 Å². The van der Waals surface area contributed by atoms with Crippen molar-refractivity contribution in [3.63, 3.8) is 0 Å². The predicted molar refractivity (Wildman–Crippen MR) is 93.9 cm³/mol. The third-order valence-electron chi connectivity index (χ3n) is 4.64. The Morgan fingerprint density at radius 2 is 2.04 bits per heavy atom. The number of aromatic nitrogens is 3. The number of H-pyrrole nitrogens is 1. The van der Waals surface area contributed by atoms with Crippen LogP contribution in [0.15, 0.2) is 21.7 Å². The Morgan fingerprint density at radius 3 is 2.69 bits per heavy atom. The van der Waals surface area contributed by atoms with E-state index in [2.05, 4.69) is 20.4 Å². The number of amides is 1. The number of carbonyl (C=O) groups is 1. The van der Waals surface area contributed by atoms with Gasteiger partial charge in [-0.3, -0.25) is 9.59 Å². The molecule has 0 aliphatic carbocycles. The number of hydrogen-bond donors (Lipinski definition) is 2. The second-order valence-corrected chi connectivity index (χ2v) is 6.93. The second-order valence-electron chi connectivity index (χ2n) is 6.93. The Morgan fingerprint density at radius 1 is 1.31 bits per heavy atom. The minimum absolute atomic E-state index is 0.0747. The van der Waals surface area contributed by atoms with Crippen LogP contribution in [0.2, 0.25) is 0 Å². The fourth-order valence-corrected chi connectivity index (χ4v) is 3.02. The van der Waals surface area contributed by atoms with Gasteiger partial charge in [-0.1, -0.05) is 19.0 Å². The first-order valence-corrected chi connectivity index (χ1v) is 8.87. The summed E-state index contributed by atoms with van der Waals surface area (Å²) in [7, 11) is 0.